The Kier molecular flexibility index (Phi) is 2.93. The second-order valence-electron chi connectivity index (χ2n) is 4.83. The van der Waals surface area contributed by atoms with Crippen molar-refractivity contribution in [2.75, 3.05) is 29.0 Å². The van der Waals surface area contributed by atoms with E-state index in [1.165, 1.54) is 0 Å². The summed E-state index contributed by atoms with van der Waals surface area (Å²) in [5.41, 5.74) is 8.02. The molecular formula is C14H14F2N4. The molecule has 0 saturated carbocycles. The summed E-state index contributed by atoms with van der Waals surface area (Å²) in [6.45, 7) is -0.531. The third-order valence-electron chi connectivity index (χ3n) is 3.16. The summed E-state index contributed by atoms with van der Waals surface area (Å²) < 4.78 is 25.6. The lowest BCUT2D eigenvalue weighted by Gasteiger charge is -2.39. The molecule has 0 amide bonds. The number of rotatable bonds is 3. The number of nitrogens with two attached hydrogens (primary N) is 1. The number of pyridine rings is 1. The van der Waals surface area contributed by atoms with Crippen LogP contribution >= 0.6 is 0 Å². The fourth-order valence-corrected chi connectivity index (χ4v) is 2.09. The predicted octanol–water partition coefficient (Wildman–Crippen LogP) is 2.86. The van der Waals surface area contributed by atoms with Gasteiger partial charge in [-0.05, 0) is 24.3 Å². The van der Waals surface area contributed by atoms with E-state index in [2.05, 4.69) is 10.3 Å². The van der Waals surface area contributed by atoms with Crippen LogP contribution < -0.4 is 16.0 Å². The monoisotopic (exact) mass is 276 g/mol. The maximum atomic E-state index is 12.8. The average Bonchev–Trinajstić information content (AvgIpc) is 2.40. The van der Waals surface area contributed by atoms with E-state index in [1.54, 1.807) is 29.3 Å². The highest BCUT2D eigenvalue weighted by Crippen LogP contribution is 2.31. The molecule has 4 nitrogen and oxygen atoms in total. The molecule has 0 radical (unpaired) electrons. The van der Waals surface area contributed by atoms with Crippen LogP contribution in [0.25, 0.3) is 0 Å². The zero-order valence-electron chi connectivity index (χ0n) is 10.7. The second kappa shape index (κ2) is 4.63. The van der Waals surface area contributed by atoms with E-state index in [-0.39, 0.29) is 13.1 Å². The van der Waals surface area contributed by atoms with Crippen molar-refractivity contribution in [3.63, 3.8) is 0 Å². The van der Waals surface area contributed by atoms with Gasteiger partial charge in [-0.25, -0.2) is 13.8 Å². The van der Waals surface area contributed by atoms with E-state index in [4.69, 9.17) is 5.73 Å². The summed E-state index contributed by atoms with van der Waals surface area (Å²) in [7, 11) is 0. The number of benzene rings is 1. The SMILES string of the molecule is Nc1ccccc1Nc1ccc(N2CC(F)(F)C2)nc1. The van der Waals surface area contributed by atoms with Crippen LogP contribution in [0.15, 0.2) is 42.6 Å². The minimum atomic E-state index is -2.59. The third kappa shape index (κ3) is 2.49. The van der Waals surface area contributed by atoms with Gasteiger partial charge in [-0.15, -0.1) is 0 Å². The molecule has 3 rings (SSSR count). The van der Waals surface area contributed by atoms with E-state index in [1.807, 2.05) is 18.2 Å². The first kappa shape index (κ1) is 12.7. The standard InChI is InChI=1S/C14H14F2N4/c15-14(16)8-20(9-14)13-6-5-10(7-18-13)19-12-4-2-1-3-11(12)17/h1-7,19H,8-9,17H2. The Balaban J connectivity index is 1.69. The van der Waals surface area contributed by atoms with Gasteiger partial charge < -0.3 is 16.0 Å². The molecule has 0 bridgehead atoms. The highest BCUT2D eigenvalue weighted by molar-refractivity contribution is 5.72. The normalized spacial score (nSPS) is 16.6. The maximum absolute atomic E-state index is 12.8. The molecule has 20 heavy (non-hydrogen) atoms. The van der Waals surface area contributed by atoms with E-state index in [0.717, 1.165) is 11.4 Å². The van der Waals surface area contributed by atoms with Crippen molar-refractivity contribution in [3.8, 4) is 0 Å². The van der Waals surface area contributed by atoms with Gasteiger partial charge in [0.05, 0.1) is 36.3 Å². The highest BCUT2D eigenvalue weighted by Gasteiger charge is 2.44. The van der Waals surface area contributed by atoms with E-state index in [0.29, 0.717) is 11.5 Å². The summed E-state index contributed by atoms with van der Waals surface area (Å²) in [6.07, 6.45) is 1.61. The fourth-order valence-electron chi connectivity index (χ4n) is 2.09. The van der Waals surface area contributed by atoms with Crippen LogP contribution in [0, 0.1) is 0 Å². The number of anilines is 4. The quantitative estimate of drug-likeness (QED) is 0.846. The minimum Gasteiger partial charge on any atom is -0.397 e. The van der Waals surface area contributed by atoms with Gasteiger partial charge in [0.15, 0.2) is 0 Å². The lowest BCUT2D eigenvalue weighted by Crippen LogP contribution is -2.56. The Morgan fingerprint density at radius 1 is 1.15 bits per heavy atom. The van der Waals surface area contributed by atoms with Crippen molar-refractivity contribution in [3.05, 3.63) is 42.6 Å². The van der Waals surface area contributed by atoms with Crippen molar-refractivity contribution in [2.45, 2.75) is 5.92 Å². The molecule has 2 aromatic rings. The third-order valence-corrected chi connectivity index (χ3v) is 3.16. The first-order chi connectivity index (χ1) is 9.53. The van der Waals surface area contributed by atoms with Gasteiger partial charge in [0.2, 0.25) is 0 Å². The summed E-state index contributed by atoms with van der Waals surface area (Å²) in [5.74, 6) is -2.03. The lowest BCUT2D eigenvalue weighted by molar-refractivity contribution is -0.0266. The topological polar surface area (TPSA) is 54.2 Å². The number of nitrogens with zero attached hydrogens (tertiary/aromatic N) is 2. The Hall–Kier alpha value is -2.37. The summed E-state index contributed by atoms with van der Waals surface area (Å²) in [5, 5.41) is 3.14. The van der Waals surface area contributed by atoms with Gasteiger partial charge in [0.1, 0.15) is 5.82 Å². The second-order valence-corrected chi connectivity index (χ2v) is 4.83. The Morgan fingerprint density at radius 3 is 2.50 bits per heavy atom. The molecule has 0 aliphatic carbocycles. The van der Waals surface area contributed by atoms with Crippen molar-refractivity contribution < 1.29 is 8.78 Å². The molecule has 1 aromatic heterocycles. The molecule has 6 heteroatoms. The molecule has 1 fully saturated rings. The maximum Gasteiger partial charge on any atom is 0.282 e. The molecule has 1 aliphatic rings. The van der Waals surface area contributed by atoms with Crippen molar-refractivity contribution >= 4 is 22.9 Å². The Labute approximate surface area is 115 Å². The van der Waals surface area contributed by atoms with Gasteiger partial charge in [0.25, 0.3) is 5.92 Å². The molecule has 0 spiro atoms. The number of halogens is 2. The Bertz CT molecular complexity index is 605. The van der Waals surface area contributed by atoms with Gasteiger partial charge in [-0.1, -0.05) is 12.1 Å². The van der Waals surface area contributed by atoms with Crippen LogP contribution in [-0.2, 0) is 0 Å². The molecule has 1 aromatic carbocycles. The molecule has 2 heterocycles. The average molecular weight is 276 g/mol. The molecule has 1 saturated heterocycles. The fraction of sp³-hybridized carbons (Fsp3) is 0.214. The van der Waals surface area contributed by atoms with Crippen LogP contribution in [-0.4, -0.2) is 24.0 Å². The zero-order valence-corrected chi connectivity index (χ0v) is 10.7. The number of nitrogens with one attached hydrogen (secondary N) is 1. The summed E-state index contributed by atoms with van der Waals surface area (Å²) in [6, 6.07) is 10.9. The molecule has 104 valence electrons. The summed E-state index contributed by atoms with van der Waals surface area (Å²) >= 11 is 0. The Morgan fingerprint density at radius 2 is 1.90 bits per heavy atom. The number of hydrogen-bond donors (Lipinski definition) is 2. The number of alkyl halides is 2. The minimum absolute atomic E-state index is 0.265. The smallest absolute Gasteiger partial charge is 0.282 e. The number of nitrogen functional groups attached to an aromatic ring is 1. The first-order valence-electron chi connectivity index (χ1n) is 6.24. The summed E-state index contributed by atoms with van der Waals surface area (Å²) in [4.78, 5) is 5.72. The van der Waals surface area contributed by atoms with Crippen LogP contribution in [0.4, 0.5) is 31.7 Å². The van der Waals surface area contributed by atoms with Gasteiger partial charge in [-0.2, -0.15) is 0 Å². The zero-order chi connectivity index (χ0) is 14.2. The molecule has 0 unspecified atom stereocenters. The number of para-hydroxylation sites is 2. The number of hydrogen-bond acceptors (Lipinski definition) is 4. The molecule has 0 atom stereocenters. The van der Waals surface area contributed by atoms with E-state index in [9.17, 15) is 8.78 Å². The van der Waals surface area contributed by atoms with Crippen LogP contribution in [0.2, 0.25) is 0 Å². The molecular weight excluding hydrogens is 262 g/mol. The van der Waals surface area contributed by atoms with E-state index < -0.39 is 5.92 Å². The number of aromatic nitrogens is 1. The largest absolute Gasteiger partial charge is 0.397 e. The van der Waals surface area contributed by atoms with Gasteiger partial charge in [-0.3, -0.25) is 0 Å². The van der Waals surface area contributed by atoms with Gasteiger partial charge >= 0.3 is 0 Å². The predicted molar refractivity (Wildman–Crippen MR) is 75.5 cm³/mol. The lowest BCUT2D eigenvalue weighted by atomic mass is 10.1. The van der Waals surface area contributed by atoms with Crippen molar-refractivity contribution in [1.82, 2.24) is 4.98 Å². The van der Waals surface area contributed by atoms with Crippen LogP contribution in [0.3, 0.4) is 0 Å². The van der Waals surface area contributed by atoms with E-state index >= 15 is 0 Å². The molecule has 1 aliphatic heterocycles. The highest BCUT2D eigenvalue weighted by atomic mass is 19.3. The van der Waals surface area contributed by atoms with Crippen molar-refractivity contribution in [1.29, 1.82) is 0 Å². The van der Waals surface area contributed by atoms with Gasteiger partial charge in [0, 0.05) is 0 Å². The van der Waals surface area contributed by atoms with Crippen LogP contribution in [0.5, 0.6) is 0 Å². The molecule has 3 N–H and O–H groups in total. The van der Waals surface area contributed by atoms with Crippen molar-refractivity contribution in [2.24, 2.45) is 0 Å². The van der Waals surface area contributed by atoms with Crippen LogP contribution in [0.1, 0.15) is 0 Å². The first-order valence-corrected chi connectivity index (χ1v) is 6.24.